The summed E-state index contributed by atoms with van der Waals surface area (Å²) in [6, 6.07) is 10.1. The molecule has 0 radical (unpaired) electrons. The molecule has 0 bridgehead atoms. The Morgan fingerprint density at radius 3 is 2.94 bits per heavy atom. The van der Waals surface area contributed by atoms with E-state index in [1.165, 1.54) is 0 Å². The molecule has 0 spiro atoms. The van der Waals surface area contributed by atoms with Crippen molar-refractivity contribution in [2.75, 3.05) is 0 Å². The smallest absolute Gasteiger partial charge is 0.338 e. The van der Waals surface area contributed by atoms with E-state index in [4.69, 9.17) is 4.74 Å². The summed E-state index contributed by atoms with van der Waals surface area (Å²) >= 11 is 0. The summed E-state index contributed by atoms with van der Waals surface area (Å²) in [5, 5.41) is 2.25. The molecule has 0 atom stereocenters. The zero-order valence-corrected chi connectivity index (χ0v) is 9.91. The average molecular weight is 237 g/mol. The highest BCUT2D eigenvalue weighted by molar-refractivity contribution is 6.11. The van der Waals surface area contributed by atoms with Crippen molar-refractivity contribution in [3.63, 3.8) is 0 Å². The van der Waals surface area contributed by atoms with Crippen LogP contribution in [0.4, 0.5) is 0 Å². The van der Waals surface area contributed by atoms with Crippen LogP contribution in [-0.4, -0.2) is 11.0 Å². The number of hydrogen-bond donors (Lipinski definition) is 1. The van der Waals surface area contributed by atoms with E-state index in [0.29, 0.717) is 12.2 Å². The summed E-state index contributed by atoms with van der Waals surface area (Å²) in [5.74, 6) is -0.208. The second-order valence-corrected chi connectivity index (χ2v) is 4.70. The molecule has 3 aromatic rings. The number of aromatic amines is 1. The molecule has 88 valence electrons. The molecule has 1 aromatic heterocycles. The normalized spacial score (nSPS) is 14.2. The number of carbonyl (C=O) groups is 1. The van der Waals surface area contributed by atoms with E-state index >= 15 is 0 Å². The number of fused-ring (bicyclic) bond motifs is 4. The van der Waals surface area contributed by atoms with Gasteiger partial charge in [0.25, 0.3) is 0 Å². The SMILES string of the molecule is Cc1c2c(cc3c1[nH]c1ccccc13)C(=O)OC2. The van der Waals surface area contributed by atoms with Gasteiger partial charge >= 0.3 is 5.97 Å². The fourth-order valence-corrected chi connectivity index (χ4v) is 2.78. The second kappa shape index (κ2) is 3.13. The molecule has 0 aliphatic carbocycles. The number of aryl methyl sites for hydroxylation is 1. The van der Waals surface area contributed by atoms with Crippen LogP contribution >= 0.6 is 0 Å². The van der Waals surface area contributed by atoms with Gasteiger partial charge in [0, 0.05) is 27.4 Å². The molecular weight excluding hydrogens is 226 g/mol. The average Bonchev–Trinajstić information content (AvgIpc) is 2.93. The van der Waals surface area contributed by atoms with Gasteiger partial charge in [-0.3, -0.25) is 0 Å². The van der Waals surface area contributed by atoms with Crippen LogP contribution in [0.2, 0.25) is 0 Å². The third-order valence-electron chi connectivity index (χ3n) is 3.76. The predicted octanol–water partition coefficient (Wildman–Crippen LogP) is 3.30. The molecule has 0 saturated carbocycles. The van der Waals surface area contributed by atoms with E-state index in [1.807, 2.05) is 25.1 Å². The number of nitrogens with one attached hydrogen (secondary N) is 1. The van der Waals surface area contributed by atoms with Gasteiger partial charge in [-0.25, -0.2) is 4.79 Å². The number of rotatable bonds is 0. The lowest BCUT2D eigenvalue weighted by Crippen LogP contribution is -1.94. The first-order chi connectivity index (χ1) is 8.75. The van der Waals surface area contributed by atoms with Gasteiger partial charge in [-0.2, -0.15) is 0 Å². The molecule has 4 rings (SSSR count). The van der Waals surface area contributed by atoms with Crippen molar-refractivity contribution in [3.8, 4) is 0 Å². The number of para-hydroxylation sites is 1. The molecule has 3 heteroatoms. The maximum absolute atomic E-state index is 11.7. The summed E-state index contributed by atoms with van der Waals surface area (Å²) in [7, 11) is 0. The first-order valence-corrected chi connectivity index (χ1v) is 5.96. The topological polar surface area (TPSA) is 42.1 Å². The number of carbonyl (C=O) groups excluding carboxylic acids is 1. The van der Waals surface area contributed by atoms with Crippen LogP contribution < -0.4 is 0 Å². The van der Waals surface area contributed by atoms with Gasteiger partial charge in [0.1, 0.15) is 6.61 Å². The van der Waals surface area contributed by atoms with Gasteiger partial charge in [0.15, 0.2) is 0 Å². The molecule has 18 heavy (non-hydrogen) atoms. The molecule has 3 nitrogen and oxygen atoms in total. The maximum atomic E-state index is 11.7. The lowest BCUT2D eigenvalue weighted by Gasteiger charge is -2.02. The van der Waals surface area contributed by atoms with Crippen LogP contribution in [0.15, 0.2) is 30.3 Å². The molecular formula is C15H11NO2. The molecule has 0 fully saturated rings. The Bertz CT molecular complexity index is 814. The summed E-state index contributed by atoms with van der Waals surface area (Å²) in [4.78, 5) is 15.1. The fourth-order valence-electron chi connectivity index (χ4n) is 2.78. The Hall–Kier alpha value is -2.29. The largest absolute Gasteiger partial charge is 0.457 e. The highest BCUT2D eigenvalue weighted by Crippen LogP contribution is 2.34. The third-order valence-corrected chi connectivity index (χ3v) is 3.76. The molecule has 2 aromatic carbocycles. The lowest BCUT2D eigenvalue weighted by molar-refractivity contribution is 0.0535. The number of H-pyrrole nitrogens is 1. The molecule has 1 aliphatic heterocycles. The van der Waals surface area contributed by atoms with Crippen molar-refractivity contribution in [2.24, 2.45) is 0 Å². The van der Waals surface area contributed by atoms with E-state index in [9.17, 15) is 4.79 Å². The summed E-state index contributed by atoms with van der Waals surface area (Å²) in [6.45, 7) is 2.43. The Labute approximate surface area is 103 Å². The van der Waals surface area contributed by atoms with Crippen LogP contribution in [0.3, 0.4) is 0 Å². The Balaban J connectivity index is 2.24. The number of ether oxygens (including phenoxy) is 1. The zero-order chi connectivity index (χ0) is 12.3. The minimum absolute atomic E-state index is 0.208. The Morgan fingerprint density at radius 1 is 1.22 bits per heavy atom. The number of esters is 1. The van der Waals surface area contributed by atoms with Crippen LogP contribution in [0, 0.1) is 6.92 Å². The minimum atomic E-state index is -0.208. The van der Waals surface area contributed by atoms with Gasteiger partial charge in [-0.1, -0.05) is 18.2 Å². The molecule has 0 unspecified atom stereocenters. The molecule has 1 aliphatic rings. The maximum Gasteiger partial charge on any atom is 0.338 e. The van der Waals surface area contributed by atoms with Crippen molar-refractivity contribution < 1.29 is 9.53 Å². The summed E-state index contributed by atoms with van der Waals surface area (Å²) in [5.41, 5.74) is 5.05. The van der Waals surface area contributed by atoms with Crippen LogP contribution in [0.25, 0.3) is 21.8 Å². The fraction of sp³-hybridized carbons (Fsp3) is 0.133. The highest BCUT2D eigenvalue weighted by atomic mass is 16.5. The van der Waals surface area contributed by atoms with Crippen molar-refractivity contribution in [3.05, 3.63) is 47.0 Å². The monoisotopic (exact) mass is 237 g/mol. The molecule has 1 N–H and O–H groups in total. The van der Waals surface area contributed by atoms with E-state index in [2.05, 4.69) is 17.1 Å². The summed E-state index contributed by atoms with van der Waals surface area (Å²) in [6.07, 6.45) is 0. The quantitative estimate of drug-likeness (QED) is 0.609. The van der Waals surface area contributed by atoms with Crippen LogP contribution in [0.1, 0.15) is 21.5 Å². The number of cyclic esters (lactones) is 1. The number of benzene rings is 2. The Morgan fingerprint density at radius 2 is 2.06 bits per heavy atom. The number of hydrogen-bond acceptors (Lipinski definition) is 2. The van der Waals surface area contributed by atoms with E-state index in [1.54, 1.807) is 0 Å². The minimum Gasteiger partial charge on any atom is -0.457 e. The number of aromatic nitrogens is 1. The van der Waals surface area contributed by atoms with E-state index in [0.717, 1.165) is 32.9 Å². The predicted molar refractivity (Wildman–Crippen MR) is 69.7 cm³/mol. The van der Waals surface area contributed by atoms with Crippen molar-refractivity contribution >= 4 is 27.8 Å². The zero-order valence-electron chi connectivity index (χ0n) is 9.91. The Kier molecular flexibility index (Phi) is 1.69. The highest BCUT2D eigenvalue weighted by Gasteiger charge is 2.25. The van der Waals surface area contributed by atoms with Gasteiger partial charge < -0.3 is 9.72 Å². The standard InChI is InChI=1S/C15H11NO2/c1-8-12-7-18-15(17)11(12)6-10-9-4-2-3-5-13(9)16-14(8)10/h2-6,16H,7H2,1H3. The second-order valence-electron chi connectivity index (χ2n) is 4.70. The van der Waals surface area contributed by atoms with Gasteiger partial charge in [0.05, 0.1) is 5.56 Å². The van der Waals surface area contributed by atoms with Crippen LogP contribution in [0.5, 0.6) is 0 Å². The van der Waals surface area contributed by atoms with E-state index in [-0.39, 0.29) is 5.97 Å². The van der Waals surface area contributed by atoms with Gasteiger partial charge in [-0.05, 0) is 24.6 Å². The molecule has 0 amide bonds. The van der Waals surface area contributed by atoms with E-state index < -0.39 is 0 Å². The first-order valence-electron chi connectivity index (χ1n) is 5.96. The molecule has 2 heterocycles. The van der Waals surface area contributed by atoms with Crippen molar-refractivity contribution in [1.29, 1.82) is 0 Å². The van der Waals surface area contributed by atoms with Gasteiger partial charge in [-0.15, -0.1) is 0 Å². The third kappa shape index (κ3) is 1.06. The van der Waals surface area contributed by atoms with Gasteiger partial charge in [0.2, 0.25) is 0 Å². The summed E-state index contributed by atoms with van der Waals surface area (Å²) < 4.78 is 5.10. The van der Waals surface area contributed by atoms with Crippen molar-refractivity contribution in [2.45, 2.75) is 13.5 Å². The lowest BCUT2D eigenvalue weighted by atomic mass is 10.00. The molecule has 0 saturated heterocycles. The first kappa shape index (κ1) is 9.71. The van der Waals surface area contributed by atoms with Crippen LogP contribution in [-0.2, 0) is 11.3 Å². The van der Waals surface area contributed by atoms with Crippen molar-refractivity contribution in [1.82, 2.24) is 4.98 Å².